The Labute approximate surface area is 296 Å². The maximum absolute atomic E-state index is 13.0. The number of carbonyl (C=O) groups is 7. The first-order valence-electron chi connectivity index (χ1n) is 16.8. The molecule has 0 radical (unpaired) electrons. The Balaban J connectivity index is 1.59. The molecule has 3 rings (SSSR count). The molecule has 1 aliphatic rings. The lowest BCUT2D eigenvalue weighted by Crippen LogP contribution is -2.35. The number of hydrogen-bond acceptors (Lipinski definition) is 11. The maximum Gasteiger partial charge on any atom is 0.347 e. The molecule has 3 atom stereocenters. The molecule has 0 bridgehead atoms. The molecule has 1 aromatic carbocycles. The summed E-state index contributed by atoms with van der Waals surface area (Å²) < 4.78 is 14.6. The van der Waals surface area contributed by atoms with Gasteiger partial charge in [-0.15, -0.1) is 0 Å². The van der Waals surface area contributed by atoms with Gasteiger partial charge in [0.1, 0.15) is 5.78 Å². The van der Waals surface area contributed by atoms with Crippen molar-refractivity contribution in [2.24, 2.45) is 0 Å². The highest BCUT2D eigenvalue weighted by Crippen LogP contribution is 2.35. The predicted molar refractivity (Wildman–Crippen MR) is 186 cm³/mol. The van der Waals surface area contributed by atoms with E-state index in [2.05, 4.69) is 39.1 Å². The molecule has 2 aromatic rings. The zero-order valence-corrected chi connectivity index (χ0v) is 30.0. The number of hydrogen-bond donors (Lipinski definition) is 4. The van der Waals surface area contributed by atoms with Gasteiger partial charge >= 0.3 is 23.9 Å². The summed E-state index contributed by atoms with van der Waals surface area (Å²) >= 11 is 0. The van der Waals surface area contributed by atoms with Crippen molar-refractivity contribution in [3.05, 3.63) is 51.8 Å². The molecule has 15 heteroatoms. The normalized spacial score (nSPS) is 14.7. The fraction of sp³-hybridized carbons (Fsp3) is 0.472. The molecule has 51 heavy (non-hydrogen) atoms. The number of amides is 2. The van der Waals surface area contributed by atoms with Crippen molar-refractivity contribution >= 4 is 58.8 Å². The van der Waals surface area contributed by atoms with Crippen molar-refractivity contribution in [1.82, 2.24) is 15.2 Å². The van der Waals surface area contributed by atoms with E-state index in [-0.39, 0.29) is 36.9 Å². The lowest BCUT2D eigenvalue weighted by Gasteiger charge is -2.18. The largest absolute Gasteiger partial charge is 0.479 e. The summed E-state index contributed by atoms with van der Waals surface area (Å²) in [5.41, 5.74) is 4.63. The summed E-state index contributed by atoms with van der Waals surface area (Å²) in [7, 11) is 0. The van der Waals surface area contributed by atoms with E-state index in [1.165, 1.54) is 13.8 Å². The number of aliphatic carboxylic acids is 1. The van der Waals surface area contributed by atoms with Crippen LogP contribution in [0.2, 0.25) is 0 Å². The van der Waals surface area contributed by atoms with Gasteiger partial charge in [-0.2, -0.15) is 0 Å². The van der Waals surface area contributed by atoms with E-state index in [0.29, 0.717) is 51.4 Å². The smallest absolute Gasteiger partial charge is 0.347 e. The highest BCUT2D eigenvalue weighted by atomic mass is 16.6. The molecule has 4 N–H and O–H groups in total. The zero-order chi connectivity index (χ0) is 38.0. The Morgan fingerprint density at radius 1 is 0.922 bits per heavy atom. The topological polar surface area (TPSA) is 210 Å². The summed E-state index contributed by atoms with van der Waals surface area (Å²) in [5.74, 6) is -5.17. The van der Waals surface area contributed by atoms with Gasteiger partial charge in [-0.3, -0.25) is 19.2 Å². The number of likely N-dealkylation sites (N-methyl/N-ethyl adjacent to an activating group) is 1. The number of Topliss-reactive ketones (excluding diaryl/α,β-unsaturated/α-hetero) is 1. The molecule has 15 nitrogen and oxygen atoms in total. The van der Waals surface area contributed by atoms with Crippen LogP contribution in [0.4, 0.5) is 5.69 Å². The van der Waals surface area contributed by atoms with E-state index in [1.54, 1.807) is 31.2 Å². The fourth-order valence-corrected chi connectivity index (χ4v) is 5.35. The SMILES string of the molecule is CCN(CC)CCNC(=O)c1c(C)[nH]c(/C=C2\C(=O)Nc3ccc(CC(=O)CCC(=O)O[C@@H](C)C(=O)O[C@H](C)C(=O)O[C@H](C)C(=O)O)cc32)c1C. The van der Waals surface area contributed by atoms with E-state index in [1.807, 2.05) is 6.92 Å². The standard InChI is InChI=1S/C36H46N4O11/c1-8-40(9-2)15-14-37-33(44)31-19(3)29(38-20(31)4)18-27-26-17-24(10-12-28(26)39-32(27)43)16-25(41)11-13-30(42)49-22(6)35(47)51-23(7)36(48)50-21(5)34(45)46/h10,12,17-18,21-23,38H,8-9,11,13-16H2,1-7H3,(H,37,44)(H,39,43)(H,45,46)/b27-18-/t21-,22+,23-/m1/s1. The van der Waals surface area contributed by atoms with Crippen LogP contribution in [-0.4, -0.2) is 101 Å². The number of benzene rings is 1. The second-order valence-electron chi connectivity index (χ2n) is 12.2. The number of aromatic amines is 1. The zero-order valence-electron chi connectivity index (χ0n) is 30.0. The molecule has 276 valence electrons. The number of fused-ring (bicyclic) bond motifs is 1. The van der Waals surface area contributed by atoms with Crippen molar-refractivity contribution in [2.75, 3.05) is 31.5 Å². The van der Waals surface area contributed by atoms with Gasteiger partial charge in [0.15, 0.2) is 18.3 Å². The van der Waals surface area contributed by atoms with Crippen LogP contribution in [0, 0.1) is 13.8 Å². The van der Waals surface area contributed by atoms with E-state index in [4.69, 9.17) is 14.6 Å². The molecular formula is C36H46N4O11. The van der Waals surface area contributed by atoms with Crippen molar-refractivity contribution in [2.45, 2.75) is 86.0 Å². The Bertz CT molecular complexity index is 1710. The minimum absolute atomic E-state index is 0.0353. The number of nitrogens with zero attached hydrogens (tertiary/aromatic N) is 1. The van der Waals surface area contributed by atoms with Gasteiger partial charge in [-0.05, 0) is 77.0 Å². The molecule has 2 amide bonds. The Morgan fingerprint density at radius 2 is 1.55 bits per heavy atom. The van der Waals surface area contributed by atoms with Crippen LogP contribution < -0.4 is 10.6 Å². The number of ketones is 1. The van der Waals surface area contributed by atoms with Crippen molar-refractivity contribution in [3.8, 4) is 0 Å². The number of anilines is 1. The van der Waals surface area contributed by atoms with E-state index in [9.17, 15) is 33.6 Å². The van der Waals surface area contributed by atoms with Crippen molar-refractivity contribution < 1.29 is 52.9 Å². The second-order valence-corrected chi connectivity index (χ2v) is 12.2. The molecule has 0 saturated heterocycles. The van der Waals surface area contributed by atoms with Crippen LogP contribution in [0.1, 0.15) is 85.9 Å². The summed E-state index contributed by atoms with van der Waals surface area (Å²) in [4.78, 5) is 91.5. The number of aromatic nitrogens is 1. The Morgan fingerprint density at radius 3 is 2.18 bits per heavy atom. The van der Waals surface area contributed by atoms with Crippen LogP contribution in [0.5, 0.6) is 0 Å². The summed E-state index contributed by atoms with van der Waals surface area (Å²) in [6.07, 6.45) is -3.15. The molecule has 0 fully saturated rings. The summed E-state index contributed by atoms with van der Waals surface area (Å²) in [6.45, 7) is 14.3. The summed E-state index contributed by atoms with van der Waals surface area (Å²) in [6, 6.07) is 5.12. The Hall–Kier alpha value is -5.31. The quantitative estimate of drug-likeness (QED) is 0.1000. The van der Waals surface area contributed by atoms with E-state index in [0.717, 1.165) is 26.6 Å². The number of esters is 3. The molecular weight excluding hydrogens is 664 g/mol. The number of nitrogens with one attached hydrogen (secondary N) is 3. The van der Waals surface area contributed by atoms with E-state index < -0.39 is 42.2 Å². The van der Waals surface area contributed by atoms with E-state index >= 15 is 0 Å². The van der Waals surface area contributed by atoms with Crippen LogP contribution in [0.25, 0.3) is 11.6 Å². The second kappa shape index (κ2) is 18.1. The van der Waals surface area contributed by atoms with Crippen molar-refractivity contribution in [3.63, 3.8) is 0 Å². The third-order valence-electron chi connectivity index (χ3n) is 8.38. The fourth-order valence-electron chi connectivity index (χ4n) is 5.35. The van der Waals surface area contributed by atoms with Crippen LogP contribution >= 0.6 is 0 Å². The molecule has 1 aliphatic heterocycles. The lowest BCUT2D eigenvalue weighted by molar-refractivity contribution is -0.181. The van der Waals surface area contributed by atoms with Crippen LogP contribution in [0.3, 0.4) is 0 Å². The average molecular weight is 711 g/mol. The number of rotatable bonds is 18. The first-order valence-corrected chi connectivity index (χ1v) is 16.8. The number of H-pyrrole nitrogens is 1. The first kappa shape index (κ1) is 40.1. The van der Waals surface area contributed by atoms with Crippen molar-refractivity contribution in [1.29, 1.82) is 0 Å². The lowest BCUT2D eigenvalue weighted by atomic mass is 9.98. The molecule has 2 heterocycles. The number of carbonyl (C=O) groups excluding carboxylic acids is 6. The molecule has 0 saturated carbocycles. The molecule has 0 aliphatic carbocycles. The first-order chi connectivity index (χ1) is 24.1. The average Bonchev–Trinajstić information content (AvgIpc) is 3.54. The number of ether oxygens (including phenoxy) is 3. The molecule has 1 aromatic heterocycles. The van der Waals surface area contributed by atoms with Crippen LogP contribution in [-0.2, 0) is 49.4 Å². The van der Waals surface area contributed by atoms with Gasteiger partial charge < -0.3 is 39.8 Å². The number of carboxylic acid groups (broad SMARTS) is 1. The molecule has 0 spiro atoms. The van der Waals surface area contributed by atoms with Gasteiger partial charge in [0, 0.05) is 48.6 Å². The maximum atomic E-state index is 13.0. The van der Waals surface area contributed by atoms with Gasteiger partial charge in [0.25, 0.3) is 11.8 Å². The van der Waals surface area contributed by atoms with Gasteiger partial charge in [0.2, 0.25) is 0 Å². The minimum Gasteiger partial charge on any atom is -0.479 e. The molecule has 0 unspecified atom stereocenters. The number of aryl methyl sites for hydroxylation is 1. The van der Waals surface area contributed by atoms with Gasteiger partial charge in [-0.25, -0.2) is 14.4 Å². The van der Waals surface area contributed by atoms with Gasteiger partial charge in [0.05, 0.1) is 17.6 Å². The minimum atomic E-state index is -1.44. The predicted octanol–water partition coefficient (Wildman–Crippen LogP) is 2.97. The highest BCUT2D eigenvalue weighted by Gasteiger charge is 2.29. The number of carboxylic acids is 1. The van der Waals surface area contributed by atoms with Crippen LogP contribution in [0.15, 0.2) is 18.2 Å². The Kier molecular flexibility index (Phi) is 14.2. The highest BCUT2D eigenvalue weighted by molar-refractivity contribution is 6.35. The third kappa shape index (κ3) is 10.8. The monoisotopic (exact) mass is 710 g/mol. The summed E-state index contributed by atoms with van der Waals surface area (Å²) in [5, 5.41) is 14.6. The van der Waals surface area contributed by atoms with Gasteiger partial charge in [-0.1, -0.05) is 19.9 Å². The third-order valence-corrected chi connectivity index (χ3v) is 8.38.